The Labute approximate surface area is 189 Å². The molecule has 0 aliphatic heterocycles. The first-order valence-corrected chi connectivity index (χ1v) is 11.7. The number of hydrogen-bond acceptors (Lipinski definition) is 6. The molecule has 2 aliphatic carbocycles. The first kappa shape index (κ1) is 22.4. The second-order valence-corrected chi connectivity index (χ2v) is 8.78. The van der Waals surface area contributed by atoms with Crippen molar-refractivity contribution in [2.24, 2.45) is 11.8 Å². The fraction of sp³-hybridized carbons (Fsp3) is 0.538. The van der Waals surface area contributed by atoms with Crippen LogP contribution in [0.5, 0.6) is 23.0 Å². The largest absolute Gasteiger partial charge is 0.490 e. The Morgan fingerprint density at radius 1 is 0.625 bits per heavy atom. The predicted octanol–water partition coefficient (Wildman–Crippen LogP) is 5.83. The number of esters is 2. The zero-order valence-electron chi connectivity index (χ0n) is 19.0. The van der Waals surface area contributed by atoms with Crippen LogP contribution in [-0.4, -0.2) is 26.2 Å². The maximum Gasteiger partial charge on any atom is 0.314 e. The summed E-state index contributed by atoms with van der Waals surface area (Å²) in [6.07, 6.45) is 9.83. The normalized spacial score (nSPS) is 17.7. The predicted molar refractivity (Wildman–Crippen MR) is 121 cm³/mol. The Morgan fingerprint density at radius 3 is 1.34 bits per heavy atom. The number of hydrogen-bond donors (Lipinski definition) is 0. The van der Waals surface area contributed by atoms with Crippen LogP contribution >= 0.6 is 0 Å². The molecule has 2 saturated carbocycles. The lowest BCUT2D eigenvalue weighted by Crippen LogP contribution is -2.24. The van der Waals surface area contributed by atoms with Crippen LogP contribution < -0.4 is 18.9 Å². The summed E-state index contributed by atoms with van der Waals surface area (Å²) in [5.74, 6) is 0.443. The number of carbonyl (C=O) groups is 2. The molecule has 0 bridgehead atoms. The van der Waals surface area contributed by atoms with E-state index in [0.717, 1.165) is 64.2 Å². The summed E-state index contributed by atoms with van der Waals surface area (Å²) in [6, 6.07) is 7.41. The Bertz CT molecular complexity index is 891. The van der Waals surface area contributed by atoms with Crippen molar-refractivity contribution in [3.05, 3.63) is 24.3 Å². The molecule has 0 spiro atoms. The summed E-state index contributed by atoms with van der Waals surface area (Å²) >= 11 is 0. The quantitative estimate of drug-likeness (QED) is 0.416. The van der Waals surface area contributed by atoms with Gasteiger partial charge in [0.05, 0.1) is 26.1 Å². The van der Waals surface area contributed by atoms with E-state index < -0.39 is 0 Å². The molecule has 2 aromatic rings. The van der Waals surface area contributed by atoms with Crippen LogP contribution in [-0.2, 0) is 9.59 Å². The molecule has 172 valence electrons. The van der Waals surface area contributed by atoms with Gasteiger partial charge in [-0.05, 0) is 25.7 Å². The van der Waals surface area contributed by atoms with Gasteiger partial charge in [0.2, 0.25) is 11.5 Å². The average molecular weight is 441 g/mol. The van der Waals surface area contributed by atoms with Gasteiger partial charge in [-0.1, -0.05) is 62.8 Å². The van der Waals surface area contributed by atoms with Crippen molar-refractivity contribution in [2.75, 3.05) is 14.2 Å². The van der Waals surface area contributed by atoms with Crippen LogP contribution in [0.1, 0.15) is 64.2 Å². The van der Waals surface area contributed by atoms with Crippen molar-refractivity contribution in [2.45, 2.75) is 64.2 Å². The Balaban J connectivity index is 1.74. The van der Waals surface area contributed by atoms with E-state index in [9.17, 15) is 9.59 Å². The van der Waals surface area contributed by atoms with E-state index in [-0.39, 0.29) is 35.3 Å². The van der Waals surface area contributed by atoms with E-state index in [1.807, 2.05) is 24.3 Å². The second-order valence-electron chi connectivity index (χ2n) is 8.78. The Morgan fingerprint density at radius 2 is 1.00 bits per heavy atom. The fourth-order valence-electron chi connectivity index (χ4n) is 4.95. The Hall–Kier alpha value is -2.76. The third-order valence-electron chi connectivity index (χ3n) is 6.73. The lowest BCUT2D eigenvalue weighted by atomic mass is 9.89. The molecular weight excluding hydrogens is 408 g/mol. The average Bonchev–Trinajstić information content (AvgIpc) is 2.85. The molecule has 2 fully saturated rings. The van der Waals surface area contributed by atoms with Crippen LogP contribution in [0.4, 0.5) is 0 Å². The summed E-state index contributed by atoms with van der Waals surface area (Å²) in [5, 5.41) is 1.31. The van der Waals surface area contributed by atoms with Gasteiger partial charge in [-0.2, -0.15) is 0 Å². The zero-order chi connectivity index (χ0) is 22.5. The third kappa shape index (κ3) is 4.54. The van der Waals surface area contributed by atoms with Gasteiger partial charge in [0, 0.05) is 10.8 Å². The number of rotatable bonds is 6. The number of methoxy groups -OCH3 is 2. The van der Waals surface area contributed by atoms with Crippen molar-refractivity contribution >= 4 is 22.7 Å². The third-order valence-corrected chi connectivity index (χ3v) is 6.73. The van der Waals surface area contributed by atoms with Gasteiger partial charge < -0.3 is 18.9 Å². The standard InChI is InChI=1S/C26H32O6/c1-29-23-21(31-25(27)17-11-5-3-6-12-17)19-15-9-10-16-20(19)22(24(23)30-2)32-26(28)18-13-7-4-8-14-18/h9-10,15-18H,3-8,11-14H2,1-2H3. The lowest BCUT2D eigenvalue weighted by molar-refractivity contribution is -0.141. The van der Waals surface area contributed by atoms with Gasteiger partial charge in [-0.15, -0.1) is 0 Å². The van der Waals surface area contributed by atoms with E-state index in [1.165, 1.54) is 14.2 Å². The molecule has 0 amide bonds. The van der Waals surface area contributed by atoms with Gasteiger partial charge in [-0.3, -0.25) is 9.59 Å². The van der Waals surface area contributed by atoms with Crippen LogP contribution in [0.3, 0.4) is 0 Å². The molecular formula is C26H32O6. The summed E-state index contributed by atoms with van der Waals surface area (Å²) in [6.45, 7) is 0. The van der Waals surface area contributed by atoms with Gasteiger partial charge in [0.15, 0.2) is 11.5 Å². The fourth-order valence-corrected chi connectivity index (χ4v) is 4.95. The van der Waals surface area contributed by atoms with Crippen LogP contribution in [0.25, 0.3) is 10.8 Å². The molecule has 6 heteroatoms. The van der Waals surface area contributed by atoms with E-state index in [4.69, 9.17) is 18.9 Å². The molecule has 2 aromatic carbocycles. The SMILES string of the molecule is COc1c(OC)c(OC(=O)C2CCCCC2)c2ccccc2c1OC(=O)C1CCCCC1. The van der Waals surface area contributed by atoms with E-state index in [2.05, 4.69) is 0 Å². The van der Waals surface area contributed by atoms with Gasteiger partial charge in [-0.25, -0.2) is 0 Å². The van der Waals surface area contributed by atoms with Crippen LogP contribution in [0.15, 0.2) is 24.3 Å². The van der Waals surface area contributed by atoms with E-state index >= 15 is 0 Å². The van der Waals surface area contributed by atoms with Crippen LogP contribution in [0, 0.1) is 11.8 Å². The first-order valence-electron chi connectivity index (χ1n) is 11.7. The smallest absolute Gasteiger partial charge is 0.314 e. The molecule has 4 rings (SSSR count). The minimum absolute atomic E-state index is 0.109. The number of benzene rings is 2. The topological polar surface area (TPSA) is 71.1 Å². The van der Waals surface area contributed by atoms with Crippen molar-refractivity contribution < 1.29 is 28.5 Å². The van der Waals surface area contributed by atoms with Gasteiger partial charge >= 0.3 is 11.9 Å². The summed E-state index contributed by atoms with van der Waals surface area (Å²) in [5.41, 5.74) is 0. The van der Waals surface area contributed by atoms with Gasteiger partial charge in [0.25, 0.3) is 0 Å². The summed E-state index contributed by atoms with van der Waals surface area (Å²) in [7, 11) is 2.99. The number of fused-ring (bicyclic) bond motifs is 1. The molecule has 0 saturated heterocycles. The molecule has 0 atom stereocenters. The van der Waals surface area contributed by atoms with Crippen molar-refractivity contribution in [1.82, 2.24) is 0 Å². The molecule has 0 radical (unpaired) electrons. The van der Waals surface area contributed by atoms with Crippen LogP contribution in [0.2, 0.25) is 0 Å². The maximum absolute atomic E-state index is 12.9. The molecule has 32 heavy (non-hydrogen) atoms. The second kappa shape index (κ2) is 10.2. The van der Waals surface area contributed by atoms with Crippen molar-refractivity contribution in [3.8, 4) is 23.0 Å². The zero-order valence-corrected chi connectivity index (χ0v) is 19.0. The summed E-state index contributed by atoms with van der Waals surface area (Å²) < 4.78 is 23.1. The first-order chi connectivity index (χ1) is 15.6. The van der Waals surface area contributed by atoms with Crippen molar-refractivity contribution in [3.63, 3.8) is 0 Å². The highest BCUT2D eigenvalue weighted by Crippen LogP contribution is 2.51. The highest BCUT2D eigenvalue weighted by Gasteiger charge is 2.31. The monoisotopic (exact) mass is 440 g/mol. The molecule has 0 heterocycles. The highest BCUT2D eigenvalue weighted by molar-refractivity contribution is 6.01. The molecule has 0 unspecified atom stereocenters. The molecule has 2 aliphatic rings. The Kier molecular flexibility index (Phi) is 7.18. The van der Waals surface area contributed by atoms with E-state index in [0.29, 0.717) is 22.3 Å². The maximum atomic E-state index is 12.9. The lowest BCUT2D eigenvalue weighted by Gasteiger charge is -2.24. The van der Waals surface area contributed by atoms with Gasteiger partial charge in [0.1, 0.15) is 0 Å². The van der Waals surface area contributed by atoms with Crippen molar-refractivity contribution in [1.29, 1.82) is 0 Å². The molecule has 0 aromatic heterocycles. The summed E-state index contributed by atoms with van der Waals surface area (Å²) in [4.78, 5) is 25.9. The number of ether oxygens (including phenoxy) is 4. The minimum atomic E-state index is -0.248. The minimum Gasteiger partial charge on any atom is -0.490 e. The highest BCUT2D eigenvalue weighted by atomic mass is 16.6. The molecule has 0 N–H and O–H groups in total. The van der Waals surface area contributed by atoms with E-state index in [1.54, 1.807) is 0 Å². The number of carbonyl (C=O) groups excluding carboxylic acids is 2. The molecule has 6 nitrogen and oxygen atoms in total.